The van der Waals surface area contributed by atoms with Crippen molar-refractivity contribution in [2.75, 3.05) is 0 Å². The van der Waals surface area contributed by atoms with Crippen LogP contribution in [0, 0.1) is 0 Å². The highest BCUT2D eigenvalue weighted by molar-refractivity contribution is 6.62. The number of rotatable bonds is 5. The Morgan fingerprint density at radius 2 is 0.952 bits per heavy atom. The van der Waals surface area contributed by atoms with E-state index in [4.69, 9.17) is 66.4 Å². The fourth-order valence-corrected chi connectivity index (χ4v) is 9.23. The number of para-hydroxylation sites is 2. The molecule has 0 amide bonds. The summed E-state index contributed by atoms with van der Waals surface area (Å²) in [6, 6.07) is 50.1. The van der Waals surface area contributed by atoms with E-state index in [1.165, 1.54) is 0 Å². The normalized spacial score (nSPS) is 11.9. The van der Waals surface area contributed by atoms with Gasteiger partial charge >= 0.3 is 0 Å². The monoisotopic (exact) mass is 789 g/mol. The number of fused-ring (bicyclic) bond motifs is 9. The van der Waals surface area contributed by atoms with Crippen molar-refractivity contribution in [2.45, 2.75) is 0 Å². The predicted octanol–water partition coefficient (Wildman–Crippen LogP) is 5.73. The Kier molecular flexibility index (Phi) is 8.32. The van der Waals surface area contributed by atoms with Gasteiger partial charge in [0.15, 0.2) is 11.6 Å². The maximum Gasteiger partial charge on any atom is 0.238 e. The maximum absolute atomic E-state index is 6.89. The summed E-state index contributed by atoms with van der Waals surface area (Å²) in [5, 5.41) is 5.12. The Balaban J connectivity index is 1.12. The van der Waals surface area contributed by atoms with Crippen molar-refractivity contribution in [3.8, 4) is 45.5 Å². The number of furan rings is 1. The molecule has 0 aliphatic rings. The molecule has 0 unspecified atom stereocenters. The molecule has 278 valence electrons. The molecule has 0 aliphatic carbocycles. The first-order valence-electron chi connectivity index (χ1n) is 20.3. The zero-order chi connectivity index (χ0) is 42.7. The topological polar surface area (TPSA) is 61.7 Å². The highest BCUT2D eigenvalue weighted by atomic mass is 16.3. The van der Waals surface area contributed by atoms with E-state index in [1.807, 2.05) is 95.6 Å². The predicted molar refractivity (Wildman–Crippen MR) is 264 cm³/mol. The van der Waals surface area contributed by atoms with Gasteiger partial charge < -0.3 is 8.98 Å². The standard InChI is InChI=1S/C51H25B6N5O/c52-35-24-37(54)46-42(44(35)56)43-45(57)36(53)25-38(55)47(43)61(46)29-22-33(26-11-3-1-4-12-26)48-34(23-29)32-20-19-28(21-41(32)63-48)50-58-49(27-13-5-2-6-14-27)59-51(60-50)62-39-17-9-7-15-30(39)31-16-8-10-18-40(31)62/h1-25H. The van der Waals surface area contributed by atoms with Crippen LogP contribution >= 0.6 is 0 Å². The molecule has 4 aromatic heterocycles. The van der Waals surface area contributed by atoms with Crippen molar-refractivity contribution in [2.24, 2.45) is 0 Å². The van der Waals surface area contributed by atoms with Crippen molar-refractivity contribution < 1.29 is 4.42 Å². The summed E-state index contributed by atoms with van der Waals surface area (Å²) in [5.41, 5.74) is 10.8. The summed E-state index contributed by atoms with van der Waals surface area (Å²) in [7, 11) is 39.8. The minimum Gasteiger partial charge on any atom is -0.455 e. The lowest BCUT2D eigenvalue weighted by Crippen LogP contribution is -2.33. The summed E-state index contributed by atoms with van der Waals surface area (Å²) >= 11 is 0. The van der Waals surface area contributed by atoms with Crippen LogP contribution in [0.3, 0.4) is 0 Å². The zero-order valence-corrected chi connectivity index (χ0v) is 33.5. The van der Waals surface area contributed by atoms with Crippen LogP contribution in [0.25, 0.3) is 111 Å². The number of hydrogen-bond acceptors (Lipinski definition) is 4. The van der Waals surface area contributed by atoms with E-state index >= 15 is 0 Å². The quantitative estimate of drug-likeness (QED) is 0.209. The molecular weight excluding hydrogens is 763 g/mol. The Morgan fingerprint density at radius 3 is 1.56 bits per heavy atom. The van der Waals surface area contributed by atoms with Crippen molar-refractivity contribution >= 4 is 145 Å². The average molecular weight is 789 g/mol. The van der Waals surface area contributed by atoms with Crippen molar-refractivity contribution in [1.29, 1.82) is 0 Å². The van der Waals surface area contributed by atoms with Crippen molar-refractivity contribution in [3.63, 3.8) is 0 Å². The molecule has 0 spiro atoms. The first kappa shape index (κ1) is 37.3. The minimum atomic E-state index is 0.327. The van der Waals surface area contributed by atoms with Gasteiger partial charge in [-0.2, -0.15) is 9.97 Å². The molecule has 0 saturated heterocycles. The Morgan fingerprint density at radius 1 is 0.413 bits per heavy atom. The summed E-state index contributed by atoms with van der Waals surface area (Å²) < 4.78 is 11.0. The number of nitrogens with zero attached hydrogens (tertiary/aromatic N) is 5. The second kappa shape index (κ2) is 14.0. The van der Waals surface area contributed by atoms with E-state index in [1.54, 1.807) is 12.1 Å². The first-order chi connectivity index (χ1) is 30.7. The lowest BCUT2D eigenvalue weighted by Gasteiger charge is -2.15. The Hall–Kier alpha value is -7.44. The molecule has 8 aromatic carbocycles. The molecule has 12 aromatic rings. The third-order valence-corrected chi connectivity index (χ3v) is 12.1. The van der Waals surface area contributed by atoms with Crippen LogP contribution in [0.1, 0.15) is 0 Å². The molecule has 0 bridgehead atoms. The van der Waals surface area contributed by atoms with Gasteiger partial charge in [-0.15, -0.1) is 10.9 Å². The Bertz CT molecular complexity index is 3760. The van der Waals surface area contributed by atoms with Crippen LogP contribution in [0.5, 0.6) is 0 Å². The molecule has 4 heterocycles. The van der Waals surface area contributed by atoms with Crippen LogP contribution in [0.2, 0.25) is 0 Å². The highest BCUT2D eigenvalue weighted by Crippen LogP contribution is 2.41. The second-order valence-corrected chi connectivity index (χ2v) is 15.8. The lowest BCUT2D eigenvalue weighted by molar-refractivity contribution is 0.670. The van der Waals surface area contributed by atoms with E-state index in [9.17, 15) is 0 Å². The fourth-order valence-electron chi connectivity index (χ4n) is 9.23. The van der Waals surface area contributed by atoms with Gasteiger partial charge in [0.1, 0.15) is 58.2 Å². The van der Waals surface area contributed by atoms with E-state index in [2.05, 4.69) is 53.1 Å². The van der Waals surface area contributed by atoms with E-state index in [0.29, 0.717) is 83.3 Å². The molecule has 12 radical (unpaired) electrons. The first-order valence-corrected chi connectivity index (χ1v) is 20.3. The van der Waals surface area contributed by atoms with Crippen molar-refractivity contribution in [3.05, 3.63) is 152 Å². The van der Waals surface area contributed by atoms with Gasteiger partial charge in [-0.3, -0.25) is 4.57 Å². The van der Waals surface area contributed by atoms with Gasteiger partial charge in [-0.1, -0.05) is 137 Å². The van der Waals surface area contributed by atoms with Crippen LogP contribution in [-0.4, -0.2) is 71.2 Å². The largest absolute Gasteiger partial charge is 0.455 e. The molecule has 12 heteroatoms. The summed E-state index contributed by atoms with van der Waals surface area (Å²) in [5.74, 6) is 1.55. The lowest BCUT2D eigenvalue weighted by atomic mass is 9.71. The molecule has 0 N–H and O–H groups in total. The summed E-state index contributed by atoms with van der Waals surface area (Å²) in [4.78, 5) is 15.3. The van der Waals surface area contributed by atoms with Gasteiger partial charge in [0.25, 0.3) is 0 Å². The average Bonchev–Trinajstić information content (AvgIpc) is 3.99. The molecule has 0 atom stereocenters. The summed E-state index contributed by atoms with van der Waals surface area (Å²) in [6.07, 6.45) is 0. The molecule has 0 aliphatic heterocycles. The van der Waals surface area contributed by atoms with Gasteiger partial charge in [0.2, 0.25) is 5.95 Å². The molecular formula is C51H25B6N5O. The Labute approximate surface area is 369 Å². The number of benzene rings is 8. The third kappa shape index (κ3) is 5.63. The maximum atomic E-state index is 6.89. The van der Waals surface area contributed by atoms with Gasteiger partial charge in [0, 0.05) is 55.0 Å². The van der Waals surface area contributed by atoms with Gasteiger partial charge in [-0.05, 0) is 52.7 Å². The SMILES string of the molecule is [B]c1cc([B])c2c(c1[B])c1c([B])c([B])cc([B])c1n2-c1cc(-c2ccccc2)c2oc3cc(-c4nc(-c5ccccc5)nc(-n5c6ccccc6c6ccccc65)n4)ccc3c2c1. The summed E-state index contributed by atoms with van der Waals surface area (Å²) in [6.45, 7) is 0. The zero-order valence-electron chi connectivity index (χ0n) is 33.5. The van der Waals surface area contributed by atoms with Crippen LogP contribution in [0.4, 0.5) is 0 Å². The smallest absolute Gasteiger partial charge is 0.238 e. The molecule has 0 saturated carbocycles. The minimum absolute atomic E-state index is 0.327. The molecule has 12 rings (SSSR count). The van der Waals surface area contributed by atoms with Crippen LogP contribution < -0.4 is 32.8 Å². The molecule has 63 heavy (non-hydrogen) atoms. The fraction of sp³-hybridized carbons (Fsp3) is 0. The van der Waals surface area contributed by atoms with E-state index in [-0.39, 0.29) is 0 Å². The molecule has 6 nitrogen and oxygen atoms in total. The number of hydrogen-bond donors (Lipinski definition) is 0. The van der Waals surface area contributed by atoms with Crippen LogP contribution in [-0.2, 0) is 0 Å². The molecule has 0 fully saturated rings. The highest BCUT2D eigenvalue weighted by Gasteiger charge is 2.24. The van der Waals surface area contributed by atoms with Crippen molar-refractivity contribution in [1.82, 2.24) is 24.1 Å². The number of aromatic nitrogens is 5. The van der Waals surface area contributed by atoms with Crippen LogP contribution in [0.15, 0.2) is 156 Å². The van der Waals surface area contributed by atoms with E-state index in [0.717, 1.165) is 60.5 Å². The van der Waals surface area contributed by atoms with Gasteiger partial charge in [-0.25, -0.2) is 4.98 Å². The second-order valence-electron chi connectivity index (χ2n) is 15.8. The third-order valence-electron chi connectivity index (χ3n) is 12.1. The van der Waals surface area contributed by atoms with Gasteiger partial charge in [0.05, 0.1) is 11.0 Å². The van der Waals surface area contributed by atoms with E-state index < -0.39 is 0 Å².